The molecule has 1 heterocycles. The van der Waals surface area contributed by atoms with Gasteiger partial charge in [0, 0.05) is 25.8 Å². The number of nitrogens with zero attached hydrogens (tertiary/aromatic N) is 2. The maximum atomic E-state index is 11.4. The molecule has 0 bridgehead atoms. The number of carboxylic acids is 1. The van der Waals surface area contributed by atoms with Gasteiger partial charge in [-0.1, -0.05) is 18.6 Å². The van der Waals surface area contributed by atoms with Gasteiger partial charge in [0.1, 0.15) is 6.04 Å². The Balaban J connectivity index is 2.16. The Hall–Kier alpha value is -1.55. The number of hydrogen-bond donors (Lipinski definition) is 1. The molecular weight excluding hydrogens is 252 g/mol. The molecule has 0 aromatic heterocycles. The maximum absolute atomic E-state index is 11.4. The summed E-state index contributed by atoms with van der Waals surface area (Å²) in [5.41, 5.74) is 2.35. The van der Waals surface area contributed by atoms with E-state index in [4.69, 9.17) is 0 Å². The van der Waals surface area contributed by atoms with Gasteiger partial charge in [-0.25, -0.2) is 0 Å². The van der Waals surface area contributed by atoms with Crippen LogP contribution >= 0.6 is 0 Å². The van der Waals surface area contributed by atoms with E-state index >= 15 is 0 Å². The topological polar surface area (TPSA) is 43.8 Å². The molecule has 1 aliphatic rings. The Kier molecular flexibility index (Phi) is 4.65. The second-order valence-electron chi connectivity index (χ2n) is 5.75. The number of rotatable bonds is 4. The van der Waals surface area contributed by atoms with E-state index in [1.54, 1.807) is 0 Å². The van der Waals surface area contributed by atoms with Crippen LogP contribution < -0.4 is 4.90 Å². The second kappa shape index (κ2) is 6.27. The van der Waals surface area contributed by atoms with E-state index in [1.807, 2.05) is 14.1 Å². The molecule has 0 spiro atoms. The molecular formula is C16H24N2O2. The Bertz CT molecular complexity index is 456. The molecule has 0 saturated carbocycles. The fourth-order valence-corrected chi connectivity index (χ4v) is 2.93. The lowest BCUT2D eigenvalue weighted by Crippen LogP contribution is -2.45. The summed E-state index contributed by atoms with van der Waals surface area (Å²) >= 11 is 0. The maximum Gasteiger partial charge on any atom is 0.320 e. The zero-order chi connectivity index (χ0) is 14.7. The van der Waals surface area contributed by atoms with Gasteiger partial charge in [0.25, 0.3) is 0 Å². The fourth-order valence-electron chi connectivity index (χ4n) is 2.93. The molecule has 1 N–H and O–H groups in total. The molecule has 2 rings (SSSR count). The summed E-state index contributed by atoms with van der Waals surface area (Å²) in [5.74, 6) is -0.693. The van der Waals surface area contributed by atoms with Crippen molar-refractivity contribution in [2.24, 2.45) is 0 Å². The summed E-state index contributed by atoms with van der Waals surface area (Å²) in [4.78, 5) is 15.6. The predicted octanol–water partition coefficient (Wildman–Crippen LogP) is 2.75. The highest BCUT2D eigenvalue weighted by Gasteiger charge is 2.32. The SMILES string of the molecule is CC(c1ccc(N(C)C)cc1)N1CCCCC1C(=O)O. The van der Waals surface area contributed by atoms with E-state index in [-0.39, 0.29) is 12.1 Å². The molecule has 4 nitrogen and oxygen atoms in total. The number of carboxylic acid groups (broad SMARTS) is 1. The quantitative estimate of drug-likeness (QED) is 0.918. The first-order valence-corrected chi connectivity index (χ1v) is 7.26. The van der Waals surface area contributed by atoms with Crippen LogP contribution in [0, 0.1) is 0 Å². The normalized spacial score (nSPS) is 21.4. The van der Waals surface area contributed by atoms with Crippen molar-refractivity contribution in [1.82, 2.24) is 4.90 Å². The van der Waals surface area contributed by atoms with Gasteiger partial charge < -0.3 is 10.0 Å². The van der Waals surface area contributed by atoms with Crippen molar-refractivity contribution in [3.63, 3.8) is 0 Å². The number of benzene rings is 1. The summed E-state index contributed by atoms with van der Waals surface area (Å²) in [6, 6.07) is 8.19. The molecule has 20 heavy (non-hydrogen) atoms. The molecule has 2 unspecified atom stereocenters. The summed E-state index contributed by atoms with van der Waals surface area (Å²) in [7, 11) is 4.03. The number of piperidine rings is 1. The van der Waals surface area contributed by atoms with E-state index in [2.05, 4.69) is 41.0 Å². The third-order valence-corrected chi connectivity index (χ3v) is 4.22. The first-order valence-electron chi connectivity index (χ1n) is 7.26. The van der Waals surface area contributed by atoms with E-state index < -0.39 is 5.97 Å². The molecule has 0 radical (unpaired) electrons. The van der Waals surface area contributed by atoms with Crippen molar-refractivity contribution in [3.05, 3.63) is 29.8 Å². The van der Waals surface area contributed by atoms with E-state index in [1.165, 1.54) is 5.56 Å². The van der Waals surface area contributed by atoms with Crippen LogP contribution in [-0.2, 0) is 4.79 Å². The van der Waals surface area contributed by atoms with Crippen molar-refractivity contribution in [3.8, 4) is 0 Å². The molecule has 110 valence electrons. The van der Waals surface area contributed by atoms with Gasteiger partial charge in [-0.05, 0) is 44.0 Å². The molecule has 1 saturated heterocycles. The monoisotopic (exact) mass is 276 g/mol. The largest absolute Gasteiger partial charge is 0.480 e. The highest BCUT2D eigenvalue weighted by molar-refractivity contribution is 5.73. The first-order chi connectivity index (χ1) is 9.50. The van der Waals surface area contributed by atoms with Gasteiger partial charge in [0.2, 0.25) is 0 Å². The van der Waals surface area contributed by atoms with E-state index in [9.17, 15) is 9.90 Å². The molecule has 1 aromatic carbocycles. The third kappa shape index (κ3) is 3.12. The highest BCUT2D eigenvalue weighted by Crippen LogP contribution is 2.29. The summed E-state index contributed by atoms with van der Waals surface area (Å²) in [6.45, 7) is 2.97. The van der Waals surface area contributed by atoms with Gasteiger partial charge in [0.15, 0.2) is 0 Å². The van der Waals surface area contributed by atoms with E-state index in [0.29, 0.717) is 0 Å². The Labute approximate surface area is 121 Å². The van der Waals surface area contributed by atoms with Crippen LogP contribution in [-0.4, -0.2) is 42.7 Å². The van der Waals surface area contributed by atoms with Crippen LogP contribution in [0.15, 0.2) is 24.3 Å². The predicted molar refractivity (Wildman–Crippen MR) is 81.2 cm³/mol. The van der Waals surface area contributed by atoms with Crippen molar-refractivity contribution < 1.29 is 9.90 Å². The lowest BCUT2D eigenvalue weighted by atomic mass is 9.97. The minimum atomic E-state index is -0.693. The third-order valence-electron chi connectivity index (χ3n) is 4.22. The lowest BCUT2D eigenvalue weighted by molar-refractivity contribution is -0.145. The van der Waals surface area contributed by atoms with Crippen molar-refractivity contribution >= 4 is 11.7 Å². The van der Waals surface area contributed by atoms with Gasteiger partial charge in [0.05, 0.1) is 0 Å². The smallest absolute Gasteiger partial charge is 0.320 e. The summed E-state index contributed by atoms with van der Waals surface area (Å²) in [5, 5.41) is 9.37. The molecule has 4 heteroatoms. The average Bonchev–Trinajstić information content (AvgIpc) is 2.46. The second-order valence-corrected chi connectivity index (χ2v) is 5.75. The molecule has 2 atom stereocenters. The van der Waals surface area contributed by atoms with Crippen molar-refractivity contribution in [1.29, 1.82) is 0 Å². The number of aliphatic carboxylic acids is 1. The molecule has 1 aliphatic heterocycles. The van der Waals surface area contributed by atoms with Gasteiger partial charge in [-0.2, -0.15) is 0 Å². The van der Waals surface area contributed by atoms with Crippen molar-refractivity contribution in [2.75, 3.05) is 25.5 Å². The Morgan fingerprint density at radius 2 is 1.95 bits per heavy atom. The molecule has 0 amide bonds. The van der Waals surface area contributed by atoms with Crippen LogP contribution in [0.2, 0.25) is 0 Å². The van der Waals surface area contributed by atoms with Gasteiger partial charge in [-0.3, -0.25) is 9.69 Å². The lowest BCUT2D eigenvalue weighted by Gasteiger charge is -2.37. The minimum absolute atomic E-state index is 0.146. The van der Waals surface area contributed by atoms with Crippen LogP contribution in [0.1, 0.15) is 37.8 Å². The molecule has 0 aliphatic carbocycles. The van der Waals surface area contributed by atoms with Crippen molar-refractivity contribution in [2.45, 2.75) is 38.3 Å². The standard InChI is InChI=1S/C16H24N2O2/c1-12(13-7-9-14(10-8-13)17(2)3)18-11-5-4-6-15(18)16(19)20/h7-10,12,15H,4-6,11H2,1-3H3,(H,19,20). The number of carbonyl (C=O) groups is 1. The summed E-state index contributed by atoms with van der Waals surface area (Å²) in [6.07, 6.45) is 2.86. The number of likely N-dealkylation sites (tertiary alicyclic amines) is 1. The van der Waals surface area contributed by atoms with E-state index in [0.717, 1.165) is 31.5 Å². The fraction of sp³-hybridized carbons (Fsp3) is 0.562. The summed E-state index contributed by atoms with van der Waals surface area (Å²) < 4.78 is 0. The van der Waals surface area contributed by atoms with Crippen LogP contribution in [0.5, 0.6) is 0 Å². The Morgan fingerprint density at radius 1 is 1.30 bits per heavy atom. The molecule has 1 fully saturated rings. The molecule has 1 aromatic rings. The first kappa shape index (κ1) is 14.9. The van der Waals surface area contributed by atoms with Gasteiger partial charge in [-0.15, -0.1) is 0 Å². The van der Waals surface area contributed by atoms with Crippen LogP contribution in [0.3, 0.4) is 0 Å². The zero-order valence-corrected chi connectivity index (χ0v) is 12.5. The van der Waals surface area contributed by atoms with Gasteiger partial charge >= 0.3 is 5.97 Å². The highest BCUT2D eigenvalue weighted by atomic mass is 16.4. The number of anilines is 1. The van der Waals surface area contributed by atoms with Crippen LogP contribution in [0.25, 0.3) is 0 Å². The zero-order valence-electron chi connectivity index (χ0n) is 12.5. The van der Waals surface area contributed by atoms with Crippen LogP contribution in [0.4, 0.5) is 5.69 Å². The average molecular weight is 276 g/mol. The minimum Gasteiger partial charge on any atom is -0.480 e. The number of hydrogen-bond acceptors (Lipinski definition) is 3. The Morgan fingerprint density at radius 3 is 2.50 bits per heavy atom.